The molecule has 18 heavy (non-hydrogen) atoms. The van der Waals surface area contributed by atoms with Crippen LogP contribution >= 0.6 is 0 Å². The van der Waals surface area contributed by atoms with Gasteiger partial charge in [-0.15, -0.1) is 5.10 Å². The smallest absolute Gasteiger partial charge is 0.231 e. The van der Waals surface area contributed by atoms with Crippen molar-refractivity contribution < 1.29 is 9.47 Å². The van der Waals surface area contributed by atoms with Crippen molar-refractivity contribution in [2.75, 3.05) is 6.79 Å². The molecule has 6 nitrogen and oxygen atoms in total. The van der Waals surface area contributed by atoms with Crippen LogP contribution in [0.5, 0.6) is 11.5 Å². The van der Waals surface area contributed by atoms with Gasteiger partial charge >= 0.3 is 0 Å². The number of hydrogen-bond acceptors (Lipinski definition) is 5. The normalized spacial score (nSPS) is 12.9. The van der Waals surface area contributed by atoms with E-state index in [0.717, 1.165) is 35.8 Å². The zero-order valence-electron chi connectivity index (χ0n) is 10.1. The van der Waals surface area contributed by atoms with E-state index < -0.39 is 0 Å². The van der Waals surface area contributed by atoms with Gasteiger partial charge in [0.1, 0.15) is 0 Å². The lowest BCUT2D eigenvalue weighted by atomic mass is 10.2. The van der Waals surface area contributed by atoms with Crippen molar-refractivity contribution in [1.82, 2.24) is 20.3 Å². The van der Waals surface area contributed by atoms with Gasteiger partial charge in [0.25, 0.3) is 0 Å². The monoisotopic (exact) mass is 246 g/mol. The minimum absolute atomic E-state index is 0.312. The van der Waals surface area contributed by atoms with Crippen LogP contribution in [0.25, 0.3) is 0 Å². The van der Waals surface area contributed by atoms with Gasteiger partial charge in [-0.05, 0) is 17.7 Å². The first-order valence-electron chi connectivity index (χ1n) is 5.76. The predicted molar refractivity (Wildman–Crippen MR) is 64.1 cm³/mol. The number of aryl methyl sites for hydroxylation is 1. The molecule has 0 aliphatic carbocycles. The number of hydrogen-bond donors (Lipinski definition) is 1. The number of nitrogens with one attached hydrogen (secondary N) is 1. The number of nitrogens with zero attached hydrogens (tertiary/aromatic N) is 3. The molecule has 0 saturated carbocycles. The summed E-state index contributed by atoms with van der Waals surface area (Å²) in [6, 6.07) is 5.96. The van der Waals surface area contributed by atoms with Crippen LogP contribution in [-0.4, -0.2) is 21.8 Å². The zero-order valence-corrected chi connectivity index (χ0v) is 10.1. The largest absolute Gasteiger partial charge is 0.454 e. The molecule has 3 rings (SSSR count). The summed E-state index contributed by atoms with van der Waals surface area (Å²) in [5.41, 5.74) is 2.21. The first kappa shape index (κ1) is 11.0. The highest BCUT2D eigenvalue weighted by atomic mass is 16.7. The minimum atomic E-state index is 0.312. The quantitative estimate of drug-likeness (QED) is 0.866. The maximum absolute atomic E-state index is 5.34. The highest BCUT2D eigenvalue weighted by Gasteiger charge is 2.12. The Hall–Kier alpha value is -2.08. The Morgan fingerprint density at radius 3 is 3.00 bits per heavy atom. The van der Waals surface area contributed by atoms with Gasteiger partial charge < -0.3 is 14.8 Å². The molecule has 6 heteroatoms. The Balaban J connectivity index is 1.59. The van der Waals surface area contributed by atoms with E-state index in [2.05, 4.69) is 15.6 Å². The van der Waals surface area contributed by atoms with Gasteiger partial charge in [-0.3, -0.25) is 4.68 Å². The van der Waals surface area contributed by atoms with Crippen molar-refractivity contribution in [3.63, 3.8) is 0 Å². The lowest BCUT2D eigenvalue weighted by molar-refractivity contribution is 0.174. The van der Waals surface area contributed by atoms with Crippen LogP contribution in [0.1, 0.15) is 11.3 Å². The van der Waals surface area contributed by atoms with E-state index in [-0.39, 0.29) is 0 Å². The van der Waals surface area contributed by atoms with E-state index in [1.54, 1.807) is 10.9 Å². The van der Waals surface area contributed by atoms with Crippen LogP contribution in [0.2, 0.25) is 0 Å². The molecule has 1 aliphatic rings. The molecule has 2 aromatic rings. The average molecular weight is 246 g/mol. The van der Waals surface area contributed by atoms with E-state index >= 15 is 0 Å². The lowest BCUT2D eigenvalue weighted by Gasteiger charge is -2.05. The molecule has 1 aromatic carbocycles. The Bertz CT molecular complexity index is 553. The van der Waals surface area contributed by atoms with Gasteiger partial charge in [0, 0.05) is 20.1 Å². The van der Waals surface area contributed by atoms with Gasteiger partial charge in [-0.2, -0.15) is 0 Å². The summed E-state index contributed by atoms with van der Waals surface area (Å²) in [5.74, 6) is 1.63. The van der Waals surface area contributed by atoms with Gasteiger partial charge in [-0.1, -0.05) is 11.3 Å². The Kier molecular flexibility index (Phi) is 2.85. The second kappa shape index (κ2) is 4.66. The molecule has 0 spiro atoms. The van der Waals surface area contributed by atoms with Gasteiger partial charge in [0.15, 0.2) is 11.5 Å². The molecular weight excluding hydrogens is 232 g/mol. The van der Waals surface area contributed by atoms with Crippen LogP contribution in [-0.2, 0) is 20.1 Å². The standard InChI is InChI=1S/C12H14N4O2/c1-16-10(7-14-15-16)6-13-5-9-2-3-11-12(4-9)18-8-17-11/h2-4,7,13H,5-6,8H2,1H3. The molecular formula is C12H14N4O2. The second-order valence-corrected chi connectivity index (χ2v) is 4.14. The van der Waals surface area contributed by atoms with Crippen LogP contribution < -0.4 is 14.8 Å². The zero-order chi connectivity index (χ0) is 12.4. The molecule has 1 N–H and O–H groups in total. The first-order chi connectivity index (χ1) is 8.83. The van der Waals surface area contributed by atoms with E-state index in [1.165, 1.54) is 0 Å². The fourth-order valence-corrected chi connectivity index (χ4v) is 1.86. The Labute approximate surface area is 105 Å². The third-order valence-electron chi connectivity index (χ3n) is 2.88. The van der Waals surface area contributed by atoms with Crippen molar-refractivity contribution in [2.24, 2.45) is 7.05 Å². The van der Waals surface area contributed by atoms with Crippen molar-refractivity contribution in [2.45, 2.75) is 13.1 Å². The summed E-state index contributed by atoms with van der Waals surface area (Å²) < 4.78 is 12.4. The molecule has 1 aromatic heterocycles. The number of ether oxygens (including phenoxy) is 2. The molecule has 1 aliphatic heterocycles. The number of aromatic nitrogens is 3. The van der Waals surface area contributed by atoms with Crippen molar-refractivity contribution in [3.05, 3.63) is 35.7 Å². The van der Waals surface area contributed by atoms with Crippen LogP contribution in [0.15, 0.2) is 24.4 Å². The van der Waals surface area contributed by atoms with E-state index in [0.29, 0.717) is 6.79 Å². The highest BCUT2D eigenvalue weighted by molar-refractivity contribution is 5.44. The van der Waals surface area contributed by atoms with Gasteiger partial charge in [0.2, 0.25) is 6.79 Å². The SMILES string of the molecule is Cn1nncc1CNCc1ccc2c(c1)OCO2. The van der Waals surface area contributed by atoms with Crippen LogP contribution in [0.3, 0.4) is 0 Å². The maximum atomic E-state index is 5.34. The first-order valence-corrected chi connectivity index (χ1v) is 5.76. The number of fused-ring (bicyclic) bond motifs is 1. The maximum Gasteiger partial charge on any atom is 0.231 e. The topological polar surface area (TPSA) is 61.2 Å². The van der Waals surface area contributed by atoms with Gasteiger partial charge in [0.05, 0.1) is 11.9 Å². The molecule has 0 unspecified atom stereocenters. The van der Waals surface area contributed by atoms with Crippen LogP contribution in [0, 0.1) is 0 Å². The fraction of sp³-hybridized carbons (Fsp3) is 0.333. The minimum Gasteiger partial charge on any atom is -0.454 e. The molecule has 0 fully saturated rings. The fourth-order valence-electron chi connectivity index (χ4n) is 1.86. The van der Waals surface area contributed by atoms with E-state index in [1.807, 2.05) is 25.2 Å². The molecule has 0 saturated heterocycles. The molecule has 0 amide bonds. The third-order valence-corrected chi connectivity index (χ3v) is 2.88. The molecule has 94 valence electrons. The summed E-state index contributed by atoms with van der Waals surface area (Å²) in [6.45, 7) is 1.81. The molecule has 0 atom stereocenters. The summed E-state index contributed by atoms with van der Waals surface area (Å²) >= 11 is 0. The van der Waals surface area contributed by atoms with Crippen molar-refractivity contribution >= 4 is 0 Å². The summed E-state index contributed by atoms with van der Waals surface area (Å²) in [6.07, 6.45) is 1.76. The highest BCUT2D eigenvalue weighted by Crippen LogP contribution is 2.32. The second-order valence-electron chi connectivity index (χ2n) is 4.14. The third kappa shape index (κ3) is 2.14. The summed E-state index contributed by atoms with van der Waals surface area (Å²) in [5, 5.41) is 11.0. The summed E-state index contributed by atoms with van der Waals surface area (Å²) in [7, 11) is 1.88. The van der Waals surface area contributed by atoms with Crippen LogP contribution in [0.4, 0.5) is 0 Å². The van der Waals surface area contributed by atoms with Crippen molar-refractivity contribution in [1.29, 1.82) is 0 Å². The van der Waals surface area contributed by atoms with E-state index in [9.17, 15) is 0 Å². The van der Waals surface area contributed by atoms with E-state index in [4.69, 9.17) is 9.47 Å². The number of benzene rings is 1. The Morgan fingerprint density at radius 2 is 2.17 bits per heavy atom. The molecule has 0 bridgehead atoms. The predicted octanol–water partition coefficient (Wildman–Crippen LogP) is 0.834. The molecule has 2 heterocycles. The Morgan fingerprint density at radius 1 is 1.28 bits per heavy atom. The molecule has 0 radical (unpaired) electrons. The lowest BCUT2D eigenvalue weighted by Crippen LogP contribution is -2.15. The summed E-state index contributed by atoms with van der Waals surface area (Å²) in [4.78, 5) is 0. The number of rotatable bonds is 4. The van der Waals surface area contributed by atoms with Gasteiger partial charge in [-0.25, -0.2) is 0 Å². The van der Waals surface area contributed by atoms with Crippen molar-refractivity contribution in [3.8, 4) is 11.5 Å². The average Bonchev–Trinajstić information content (AvgIpc) is 2.98.